The summed E-state index contributed by atoms with van der Waals surface area (Å²) in [6.45, 7) is 5.46. The molecule has 124 valence electrons. The first-order valence-electron chi connectivity index (χ1n) is 7.02. The Kier molecular flexibility index (Phi) is 5.27. The first-order valence-corrected chi connectivity index (χ1v) is 7.78. The normalized spacial score (nSPS) is 10.5. The van der Waals surface area contributed by atoms with E-state index in [1.54, 1.807) is 19.1 Å². The number of nitriles is 1. The molecule has 2 rings (SSSR count). The molecule has 1 aromatic carbocycles. The molecule has 6 nitrogen and oxygen atoms in total. The van der Waals surface area contributed by atoms with E-state index in [2.05, 4.69) is 9.97 Å². The monoisotopic (exact) mass is 364 g/mol. The zero-order chi connectivity index (χ0) is 18.0. The van der Waals surface area contributed by atoms with E-state index >= 15 is 0 Å². The van der Waals surface area contributed by atoms with Crippen LogP contribution in [0.25, 0.3) is 0 Å². The Morgan fingerprint density at radius 3 is 2.50 bits per heavy atom. The van der Waals surface area contributed by atoms with Crippen LogP contribution >= 0.6 is 23.2 Å². The highest BCUT2D eigenvalue weighted by molar-refractivity contribution is 6.32. The van der Waals surface area contributed by atoms with Crippen molar-refractivity contribution in [1.82, 2.24) is 9.97 Å². The van der Waals surface area contributed by atoms with Gasteiger partial charge in [0, 0.05) is 5.56 Å². The molecule has 0 aliphatic heterocycles. The van der Waals surface area contributed by atoms with E-state index in [0.717, 1.165) is 10.5 Å². The van der Waals surface area contributed by atoms with Gasteiger partial charge in [-0.15, -0.1) is 0 Å². The quantitative estimate of drug-likeness (QED) is 0.617. The van der Waals surface area contributed by atoms with Gasteiger partial charge >= 0.3 is 6.09 Å². The molecule has 1 heterocycles. The minimum absolute atomic E-state index is 0.0805. The van der Waals surface area contributed by atoms with Gasteiger partial charge in [-0.3, -0.25) is 0 Å². The second-order valence-corrected chi connectivity index (χ2v) is 6.16. The molecule has 0 bridgehead atoms. The van der Waals surface area contributed by atoms with E-state index in [-0.39, 0.29) is 27.9 Å². The third-order valence-electron chi connectivity index (χ3n) is 3.28. The molecule has 0 aliphatic rings. The number of nitrogens with zero attached hydrogens (tertiary/aromatic N) is 4. The van der Waals surface area contributed by atoms with Crippen LogP contribution in [-0.4, -0.2) is 21.2 Å². The van der Waals surface area contributed by atoms with Crippen LogP contribution in [0.4, 0.5) is 16.3 Å². The molecular formula is C16H14Cl2N4O2. The highest BCUT2D eigenvalue weighted by atomic mass is 35.5. The number of halogens is 2. The molecule has 1 N–H and O–H groups in total. The third kappa shape index (κ3) is 3.58. The number of carboxylic acid groups (broad SMARTS) is 1. The van der Waals surface area contributed by atoms with E-state index in [1.165, 1.54) is 6.07 Å². The summed E-state index contributed by atoms with van der Waals surface area (Å²) in [6, 6.07) is 6.78. The van der Waals surface area contributed by atoms with Crippen molar-refractivity contribution in [3.63, 3.8) is 0 Å². The maximum absolute atomic E-state index is 11.9. The Bertz CT molecular complexity index is 847. The van der Waals surface area contributed by atoms with Gasteiger partial charge in [-0.1, -0.05) is 25.4 Å². The van der Waals surface area contributed by atoms with Crippen LogP contribution < -0.4 is 4.90 Å². The lowest BCUT2D eigenvalue weighted by molar-refractivity contribution is 0.204. The summed E-state index contributed by atoms with van der Waals surface area (Å²) in [7, 11) is 0. The number of carbonyl (C=O) groups is 1. The van der Waals surface area contributed by atoms with Gasteiger partial charge in [-0.05, 0) is 48.2 Å². The van der Waals surface area contributed by atoms with E-state index in [4.69, 9.17) is 28.5 Å². The van der Waals surface area contributed by atoms with Gasteiger partial charge in [-0.25, -0.2) is 14.7 Å². The lowest BCUT2D eigenvalue weighted by Gasteiger charge is -2.23. The van der Waals surface area contributed by atoms with E-state index in [1.807, 2.05) is 19.9 Å². The van der Waals surface area contributed by atoms with Crippen LogP contribution in [0, 0.1) is 18.3 Å². The molecule has 0 saturated carbocycles. The van der Waals surface area contributed by atoms with Crippen molar-refractivity contribution in [2.45, 2.75) is 26.7 Å². The number of benzene rings is 1. The summed E-state index contributed by atoms with van der Waals surface area (Å²) < 4.78 is 0. The minimum Gasteiger partial charge on any atom is -0.464 e. The lowest BCUT2D eigenvalue weighted by Crippen LogP contribution is -2.27. The molecule has 24 heavy (non-hydrogen) atoms. The molecule has 0 radical (unpaired) electrons. The Labute approximate surface area is 149 Å². The smallest absolute Gasteiger partial charge is 0.417 e. The van der Waals surface area contributed by atoms with Gasteiger partial charge in [0.15, 0.2) is 5.82 Å². The number of hydrogen-bond acceptors (Lipinski definition) is 4. The number of amides is 1. The minimum atomic E-state index is -1.27. The van der Waals surface area contributed by atoms with Crippen molar-refractivity contribution >= 4 is 40.8 Å². The fraction of sp³-hybridized carbons (Fsp3) is 0.250. The van der Waals surface area contributed by atoms with Crippen LogP contribution in [-0.2, 0) is 0 Å². The van der Waals surface area contributed by atoms with Crippen LogP contribution in [0.1, 0.15) is 36.5 Å². The van der Waals surface area contributed by atoms with Crippen molar-refractivity contribution < 1.29 is 9.90 Å². The maximum Gasteiger partial charge on any atom is 0.417 e. The Hall–Kier alpha value is -2.36. The maximum atomic E-state index is 11.9. The van der Waals surface area contributed by atoms with Crippen molar-refractivity contribution in [1.29, 1.82) is 5.26 Å². The second-order valence-electron chi connectivity index (χ2n) is 5.46. The molecular weight excluding hydrogens is 351 g/mol. The molecule has 0 fully saturated rings. The molecule has 1 amide bonds. The van der Waals surface area contributed by atoms with Gasteiger partial charge in [0.1, 0.15) is 5.15 Å². The number of rotatable bonds is 3. The van der Waals surface area contributed by atoms with E-state index in [0.29, 0.717) is 11.1 Å². The lowest BCUT2D eigenvalue weighted by atomic mass is 10.0. The highest BCUT2D eigenvalue weighted by Crippen LogP contribution is 2.36. The Morgan fingerprint density at radius 1 is 1.29 bits per heavy atom. The molecule has 0 atom stereocenters. The summed E-state index contributed by atoms with van der Waals surface area (Å²) in [4.78, 5) is 20.8. The first kappa shape index (κ1) is 18.0. The van der Waals surface area contributed by atoms with Crippen LogP contribution in [0.2, 0.25) is 10.4 Å². The van der Waals surface area contributed by atoms with Crippen molar-refractivity contribution in [3.8, 4) is 6.07 Å². The molecule has 0 aliphatic carbocycles. The number of aromatic nitrogens is 2. The highest BCUT2D eigenvalue weighted by Gasteiger charge is 2.26. The number of hydrogen-bond donors (Lipinski definition) is 1. The molecule has 1 aromatic heterocycles. The standard InChI is InChI=1S/C16H14Cl2N4O2/c1-8(2)12-13(17)20-15(18)21-14(12)22(16(23)24)11-5-9(3)4-10(6-11)7-19/h4-6,8H,1-3H3,(H,23,24). The van der Waals surface area contributed by atoms with Crippen molar-refractivity contribution in [2.24, 2.45) is 0 Å². The van der Waals surface area contributed by atoms with Gasteiger partial charge in [0.25, 0.3) is 0 Å². The molecule has 8 heteroatoms. The van der Waals surface area contributed by atoms with E-state index < -0.39 is 6.09 Å². The van der Waals surface area contributed by atoms with Crippen molar-refractivity contribution in [3.05, 3.63) is 45.3 Å². The number of aryl methyl sites for hydroxylation is 1. The summed E-state index contributed by atoms with van der Waals surface area (Å²) in [6.07, 6.45) is -1.27. The third-order valence-corrected chi connectivity index (χ3v) is 3.74. The number of anilines is 2. The van der Waals surface area contributed by atoms with Crippen LogP contribution in [0.5, 0.6) is 0 Å². The fourth-order valence-corrected chi connectivity index (χ4v) is 2.94. The van der Waals surface area contributed by atoms with Crippen LogP contribution in [0.15, 0.2) is 18.2 Å². The van der Waals surface area contributed by atoms with Gasteiger partial charge in [0.2, 0.25) is 5.28 Å². The summed E-state index contributed by atoms with van der Waals surface area (Å²) in [5.74, 6) is -0.0520. The predicted octanol–water partition coefficient (Wildman–Crippen LogP) is 4.90. The van der Waals surface area contributed by atoms with Gasteiger partial charge in [-0.2, -0.15) is 10.2 Å². The molecule has 0 spiro atoms. The average Bonchev–Trinajstić information content (AvgIpc) is 2.45. The molecule has 0 saturated heterocycles. The first-order chi connectivity index (χ1) is 11.2. The van der Waals surface area contributed by atoms with E-state index in [9.17, 15) is 9.90 Å². The molecule has 0 unspecified atom stereocenters. The average molecular weight is 365 g/mol. The zero-order valence-electron chi connectivity index (χ0n) is 13.2. The van der Waals surface area contributed by atoms with Gasteiger partial charge < -0.3 is 5.11 Å². The largest absolute Gasteiger partial charge is 0.464 e. The molecule has 2 aromatic rings. The summed E-state index contributed by atoms with van der Waals surface area (Å²) >= 11 is 12.0. The summed E-state index contributed by atoms with van der Waals surface area (Å²) in [5.41, 5.74) is 1.83. The summed E-state index contributed by atoms with van der Waals surface area (Å²) in [5, 5.41) is 18.8. The topological polar surface area (TPSA) is 90.1 Å². The van der Waals surface area contributed by atoms with Crippen molar-refractivity contribution in [2.75, 3.05) is 4.90 Å². The Morgan fingerprint density at radius 2 is 1.96 bits per heavy atom. The zero-order valence-corrected chi connectivity index (χ0v) is 14.7. The predicted molar refractivity (Wildman–Crippen MR) is 92.2 cm³/mol. The Balaban J connectivity index is 2.77. The fourth-order valence-electron chi connectivity index (χ4n) is 2.35. The SMILES string of the molecule is Cc1cc(C#N)cc(N(C(=O)O)c2nc(Cl)nc(Cl)c2C(C)C)c1. The van der Waals surface area contributed by atoms with Gasteiger partial charge in [0.05, 0.1) is 17.3 Å². The van der Waals surface area contributed by atoms with Crippen LogP contribution in [0.3, 0.4) is 0 Å². The second kappa shape index (κ2) is 7.04.